The third kappa shape index (κ3) is 4.16. The second-order valence-corrected chi connectivity index (χ2v) is 3.66. The van der Waals surface area contributed by atoms with Crippen molar-refractivity contribution in [3.8, 4) is 0 Å². The Morgan fingerprint density at radius 1 is 1.38 bits per heavy atom. The van der Waals surface area contributed by atoms with Crippen LogP contribution in [0.25, 0.3) is 0 Å². The molecule has 0 bridgehead atoms. The first kappa shape index (κ1) is 12.9. The fourth-order valence-electron chi connectivity index (χ4n) is 1.51. The van der Waals surface area contributed by atoms with Gasteiger partial charge in [-0.1, -0.05) is 6.92 Å². The highest BCUT2D eigenvalue weighted by Crippen LogP contribution is 2.11. The average Bonchev–Trinajstić information content (AvgIpc) is 2.29. The van der Waals surface area contributed by atoms with Crippen molar-refractivity contribution in [2.75, 3.05) is 32.6 Å². The maximum absolute atomic E-state index is 5.00. The fourth-order valence-corrected chi connectivity index (χ4v) is 1.51. The van der Waals surface area contributed by atoms with E-state index >= 15 is 0 Å². The molecule has 2 N–H and O–H groups in total. The molecule has 1 rings (SSSR count). The summed E-state index contributed by atoms with van der Waals surface area (Å²) in [7, 11) is 3.65. The highest BCUT2D eigenvalue weighted by atomic mass is 16.5. The van der Waals surface area contributed by atoms with E-state index in [-0.39, 0.29) is 0 Å². The SMILES string of the molecule is CCc1cc(CNC)cc(NCCOC)n1. The van der Waals surface area contributed by atoms with Gasteiger partial charge in [-0.15, -0.1) is 0 Å². The summed E-state index contributed by atoms with van der Waals surface area (Å²) >= 11 is 0. The number of hydrogen-bond donors (Lipinski definition) is 2. The van der Waals surface area contributed by atoms with Crippen LogP contribution in [0.2, 0.25) is 0 Å². The summed E-state index contributed by atoms with van der Waals surface area (Å²) in [6.45, 7) is 4.47. The van der Waals surface area contributed by atoms with Gasteiger partial charge in [0.05, 0.1) is 6.61 Å². The van der Waals surface area contributed by atoms with Crippen molar-refractivity contribution >= 4 is 5.82 Å². The van der Waals surface area contributed by atoms with E-state index in [9.17, 15) is 0 Å². The molecule has 0 saturated heterocycles. The molecular formula is C12H21N3O. The van der Waals surface area contributed by atoms with Crippen LogP contribution in [-0.4, -0.2) is 32.3 Å². The Balaban J connectivity index is 2.69. The van der Waals surface area contributed by atoms with Crippen LogP contribution >= 0.6 is 0 Å². The molecule has 4 heteroatoms. The molecule has 0 aliphatic carbocycles. The first-order valence-electron chi connectivity index (χ1n) is 5.67. The Hall–Kier alpha value is -1.13. The lowest BCUT2D eigenvalue weighted by molar-refractivity contribution is 0.210. The van der Waals surface area contributed by atoms with Gasteiger partial charge >= 0.3 is 0 Å². The topological polar surface area (TPSA) is 46.2 Å². The summed E-state index contributed by atoms with van der Waals surface area (Å²) in [5.74, 6) is 0.932. The Kier molecular flexibility index (Phi) is 5.82. The van der Waals surface area contributed by atoms with Crippen LogP contribution in [0, 0.1) is 0 Å². The molecule has 0 aromatic carbocycles. The molecule has 4 nitrogen and oxygen atoms in total. The predicted octanol–water partition coefficient (Wildman–Crippen LogP) is 1.42. The van der Waals surface area contributed by atoms with Crippen molar-refractivity contribution in [1.29, 1.82) is 0 Å². The van der Waals surface area contributed by atoms with E-state index in [4.69, 9.17) is 4.74 Å². The number of pyridine rings is 1. The van der Waals surface area contributed by atoms with Crippen molar-refractivity contribution < 1.29 is 4.74 Å². The number of ether oxygens (including phenoxy) is 1. The first-order valence-corrected chi connectivity index (χ1v) is 5.67. The minimum Gasteiger partial charge on any atom is -0.383 e. The predicted molar refractivity (Wildman–Crippen MR) is 66.7 cm³/mol. The van der Waals surface area contributed by atoms with Crippen LogP contribution in [0.3, 0.4) is 0 Å². The zero-order valence-electron chi connectivity index (χ0n) is 10.3. The van der Waals surface area contributed by atoms with Crippen LogP contribution < -0.4 is 10.6 Å². The molecule has 1 aromatic heterocycles. The summed E-state index contributed by atoms with van der Waals surface area (Å²) in [4.78, 5) is 4.51. The van der Waals surface area contributed by atoms with Gasteiger partial charge in [-0.25, -0.2) is 4.98 Å². The van der Waals surface area contributed by atoms with E-state index < -0.39 is 0 Å². The molecule has 90 valence electrons. The lowest BCUT2D eigenvalue weighted by Gasteiger charge is -2.09. The van der Waals surface area contributed by atoms with E-state index in [0.717, 1.165) is 31.0 Å². The lowest BCUT2D eigenvalue weighted by Crippen LogP contribution is -2.11. The number of hydrogen-bond acceptors (Lipinski definition) is 4. The lowest BCUT2D eigenvalue weighted by atomic mass is 10.2. The number of rotatable bonds is 7. The molecule has 0 amide bonds. The third-order valence-electron chi connectivity index (χ3n) is 2.29. The highest BCUT2D eigenvalue weighted by molar-refractivity contribution is 5.39. The second-order valence-electron chi connectivity index (χ2n) is 3.66. The van der Waals surface area contributed by atoms with E-state index in [1.165, 1.54) is 5.56 Å². The van der Waals surface area contributed by atoms with E-state index in [1.807, 2.05) is 7.05 Å². The quantitative estimate of drug-likeness (QED) is 0.686. The van der Waals surface area contributed by atoms with Crippen molar-refractivity contribution in [3.63, 3.8) is 0 Å². The van der Waals surface area contributed by atoms with Crippen molar-refractivity contribution in [2.45, 2.75) is 19.9 Å². The molecule has 0 radical (unpaired) electrons. The van der Waals surface area contributed by atoms with Crippen LogP contribution in [0.1, 0.15) is 18.2 Å². The summed E-state index contributed by atoms with van der Waals surface area (Å²) in [5.41, 5.74) is 2.38. The Morgan fingerprint density at radius 3 is 2.81 bits per heavy atom. The Bertz CT molecular complexity index is 315. The van der Waals surface area contributed by atoms with Crippen LogP contribution in [0.15, 0.2) is 12.1 Å². The van der Waals surface area contributed by atoms with Crippen molar-refractivity contribution in [1.82, 2.24) is 10.3 Å². The van der Waals surface area contributed by atoms with Crippen LogP contribution in [0.5, 0.6) is 0 Å². The van der Waals surface area contributed by atoms with Crippen molar-refractivity contribution in [3.05, 3.63) is 23.4 Å². The molecular weight excluding hydrogens is 202 g/mol. The van der Waals surface area contributed by atoms with Gasteiger partial charge in [0.15, 0.2) is 0 Å². The number of nitrogens with one attached hydrogen (secondary N) is 2. The van der Waals surface area contributed by atoms with Gasteiger partial charge in [0.25, 0.3) is 0 Å². The van der Waals surface area contributed by atoms with Gasteiger partial charge in [-0.2, -0.15) is 0 Å². The van der Waals surface area contributed by atoms with Gasteiger partial charge < -0.3 is 15.4 Å². The molecule has 1 aromatic rings. The van der Waals surface area contributed by atoms with E-state index in [0.29, 0.717) is 6.61 Å². The standard InChI is InChI=1S/C12H21N3O/c1-4-11-7-10(9-13-2)8-12(15-11)14-5-6-16-3/h7-8,13H,4-6,9H2,1-3H3,(H,14,15). The van der Waals surface area contributed by atoms with Crippen LogP contribution in [0.4, 0.5) is 5.82 Å². The Labute approximate surface area is 97.4 Å². The normalized spacial score (nSPS) is 10.4. The number of aromatic nitrogens is 1. The van der Waals surface area contributed by atoms with Crippen molar-refractivity contribution in [2.24, 2.45) is 0 Å². The van der Waals surface area contributed by atoms with Gasteiger partial charge in [0, 0.05) is 25.9 Å². The summed E-state index contributed by atoms with van der Waals surface area (Å²) < 4.78 is 5.00. The third-order valence-corrected chi connectivity index (χ3v) is 2.29. The second kappa shape index (κ2) is 7.19. The minimum atomic E-state index is 0.694. The molecule has 16 heavy (non-hydrogen) atoms. The van der Waals surface area contributed by atoms with Gasteiger partial charge in [0.2, 0.25) is 0 Å². The number of anilines is 1. The summed E-state index contributed by atoms with van der Waals surface area (Å²) in [6.07, 6.45) is 0.955. The number of aryl methyl sites for hydroxylation is 1. The molecule has 0 spiro atoms. The zero-order chi connectivity index (χ0) is 11.8. The van der Waals surface area contributed by atoms with Gasteiger partial charge in [0.1, 0.15) is 5.82 Å². The van der Waals surface area contributed by atoms with Gasteiger partial charge in [-0.05, 0) is 31.2 Å². The molecule has 0 aliphatic heterocycles. The Morgan fingerprint density at radius 2 is 2.19 bits per heavy atom. The highest BCUT2D eigenvalue weighted by Gasteiger charge is 2.00. The number of methoxy groups -OCH3 is 1. The first-order chi connectivity index (χ1) is 7.80. The van der Waals surface area contributed by atoms with E-state index in [2.05, 4.69) is 34.7 Å². The molecule has 0 aliphatic rings. The van der Waals surface area contributed by atoms with Crippen LogP contribution in [-0.2, 0) is 17.7 Å². The maximum Gasteiger partial charge on any atom is 0.126 e. The monoisotopic (exact) mass is 223 g/mol. The fraction of sp³-hybridized carbons (Fsp3) is 0.583. The number of nitrogens with zero attached hydrogens (tertiary/aromatic N) is 1. The summed E-state index contributed by atoms with van der Waals surface area (Å²) in [5, 5.41) is 6.40. The summed E-state index contributed by atoms with van der Waals surface area (Å²) in [6, 6.07) is 4.21. The molecule has 0 atom stereocenters. The molecule has 0 unspecified atom stereocenters. The largest absolute Gasteiger partial charge is 0.383 e. The van der Waals surface area contributed by atoms with E-state index in [1.54, 1.807) is 7.11 Å². The molecule has 1 heterocycles. The average molecular weight is 223 g/mol. The smallest absolute Gasteiger partial charge is 0.126 e. The molecule has 0 saturated carbocycles. The minimum absolute atomic E-state index is 0.694. The molecule has 0 fully saturated rings. The van der Waals surface area contributed by atoms with Gasteiger partial charge in [-0.3, -0.25) is 0 Å². The zero-order valence-corrected chi connectivity index (χ0v) is 10.3. The maximum atomic E-state index is 5.00.